The minimum Gasteiger partial charge on any atom is -0.394 e. The molecule has 26 heavy (non-hydrogen) atoms. The molecule has 0 aliphatic heterocycles. The Balaban J connectivity index is 1.97. The Morgan fingerprint density at radius 2 is 1.88 bits per heavy atom. The van der Waals surface area contributed by atoms with Gasteiger partial charge in [-0.3, -0.25) is 4.98 Å². The topological polar surface area (TPSA) is 83.0 Å². The molecule has 134 valence electrons. The number of aromatic nitrogens is 3. The number of aliphatic hydroxyl groups is 1. The lowest BCUT2D eigenvalue weighted by atomic mass is 10.2. The molecule has 3 N–H and O–H groups in total. The second kappa shape index (κ2) is 7.88. The van der Waals surface area contributed by atoms with E-state index in [0.717, 1.165) is 11.3 Å². The van der Waals surface area contributed by atoms with Crippen LogP contribution in [0.1, 0.15) is 12.5 Å². The summed E-state index contributed by atoms with van der Waals surface area (Å²) in [5, 5.41) is 15.5. The molecular weight excluding hydrogens is 333 g/mol. The zero-order valence-corrected chi connectivity index (χ0v) is 14.6. The number of halogens is 1. The van der Waals surface area contributed by atoms with E-state index >= 15 is 0 Å². The minimum atomic E-state index is -0.255. The minimum absolute atomic E-state index is 0.0389. The molecule has 6 nitrogen and oxygen atoms in total. The van der Waals surface area contributed by atoms with Gasteiger partial charge in [0.1, 0.15) is 11.6 Å². The maximum Gasteiger partial charge on any atom is 0.225 e. The SMILES string of the molecule is Cc1cc(Nc2cc(-c3ccncc3)nc(N[C@@H](C)CO)n2)ccc1F. The summed E-state index contributed by atoms with van der Waals surface area (Å²) in [6.45, 7) is 3.50. The molecule has 0 aliphatic carbocycles. The number of aryl methyl sites for hydroxylation is 1. The molecule has 0 bridgehead atoms. The standard InChI is InChI=1S/C19H20FN5O/c1-12-9-15(3-4-16(12)20)23-18-10-17(14-5-7-21-8-6-14)24-19(25-18)22-13(2)11-26/h3-10,13,26H,11H2,1-2H3,(H2,22,23,24,25)/t13-/m0/s1. The number of nitrogens with zero attached hydrogens (tertiary/aromatic N) is 3. The number of aliphatic hydroxyl groups excluding tert-OH is 1. The number of rotatable bonds is 6. The molecule has 3 rings (SSSR count). The highest BCUT2D eigenvalue weighted by atomic mass is 19.1. The number of hydrogen-bond acceptors (Lipinski definition) is 6. The van der Waals surface area contributed by atoms with Crippen molar-refractivity contribution in [2.45, 2.75) is 19.9 Å². The van der Waals surface area contributed by atoms with Crippen LogP contribution in [0.3, 0.4) is 0 Å². The summed E-state index contributed by atoms with van der Waals surface area (Å²) in [7, 11) is 0. The highest BCUT2D eigenvalue weighted by molar-refractivity contribution is 5.67. The van der Waals surface area contributed by atoms with E-state index in [1.165, 1.54) is 6.07 Å². The molecular formula is C19H20FN5O. The van der Waals surface area contributed by atoms with Crippen LogP contribution in [-0.4, -0.2) is 32.7 Å². The average Bonchev–Trinajstić information content (AvgIpc) is 2.65. The van der Waals surface area contributed by atoms with Crippen LogP contribution in [0.5, 0.6) is 0 Å². The summed E-state index contributed by atoms with van der Waals surface area (Å²) in [4.78, 5) is 13.0. The van der Waals surface area contributed by atoms with Crippen molar-refractivity contribution in [2.24, 2.45) is 0 Å². The molecule has 2 aromatic heterocycles. The normalized spacial score (nSPS) is 11.8. The van der Waals surface area contributed by atoms with Gasteiger partial charge in [0.2, 0.25) is 5.95 Å². The van der Waals surface area contributed by atoms with Crippen molar-refractivity contribution in [3.8, 4) is 11.3 Å². The first-order valence-electron chi connectivity index (χ1n) is 8.25. The van der Waals surface area contributed by atoms with Gasteiger partial charge in [-0.15, -0.1) is 0 Å². The van der Waals surface area contributed by atoms with Crippen LogP contribution in [-0.2, 0) is 0 Å². The Morgan fingerprint density at radius 1 is 1.12 bits per heavy atom. The van der Waals surface area contributed by atoms with Gasteiger partial charge in [0.05, 0.1) is 12.3 Å². The van der Waals surface area contributed by atoms with E-state index in [2.05, 4.69) is 25.6 Å². The molecule has 1 atom stereocenters. The quantitative estimate of drug-likeness (QED) is 0.629. The molecule has 7 heteroatoms. The lowest BCUT2D eigenvalue weighted by Gasteiger charge is -2.14. The lowest BCUT2D eigenvalue weighted by Crippen LogP contribution is -2.21. The van der Waals surface area contributed by atoms with Crippen LogP contribution in [0.2, 0.25) is 0 Å². The number of hydrogen-bond donors (Lipinski definition) is 3. The van der Waals surface area contributed by atoms with Gasteiger partial charge in [0, 0.05) is 35.8 Å². The first-order chi connectivity index (χ1) is 12.5. The van der Waals surface area contributed by atoms with Gasteiger partial charge in [0.25, 0.3) is 0 Å². The van der Waals surface area contributed by atoms with E-state index < -0.39 is 0 Å². The number of pyridine rings is 1. The Labute approximate surface area is 151 Å². The van der Waals surface area contributed by atoms with E-state index in [0.29, 0.717) is 23.0 Å². The van der Waals surface area contributed by atoms with Gasteiger partial charge in [-0.1, -0.05) is 0 Å². The van der Waals surface area contributed by atoms with Crippen molar-refractivity contribution in [1.29, 1.82) is 0 Å². The summed E-state index contributed by atoms with van der Waals surface area (Å²) in [5.74, 6) is 0.697. The van der Waals surface area contributed by atoms with E-state index in [9.17, 15) is 9.50 Å². The molecule has 0 aliphatic rings. The van der Waals surface area contributed by atoms with Crippen molar-refractivity contribution in [3.05, 3.63) is 60.2 Å². The predicted molar refractivity (Wildman–Crippen MR) is 99.9 cm³/mol. The third-order valence-corrected chi connectivity index (χ3v) is 3.78. The fraction of sp³-hybridized carbons (Fsp3) is 0.211. The van der Waals surface area contributed by atoms with E-state index in [4.69, 9.17) is 0 Å². The number of nitrogens with one attached hydrogen (secondary N) is 2. The molecule has 0 radical (unpaired) electrons. The van der Waals surface area contributed by atoms with Crippen LogP contribution < -0.4 is 10.6 Å². The van der Waals surface area contributed by atoms with Gasteiger partial charge in [-0.05, 0) is 49.7 Å². The van der Waals surface area contributed by atoms with E-state index in [-0.39, 0.29) is 18.5 Å². The summed E-state index contributed by atoms with van der Waals surface area (Å²) in [5.41, 5.74) is 2.87. The van der Waals surface area contributed by atoms with Crippen molar-refractivity contribution >= 4 is 17.5 Å². The van der Waals surface area contributed by atoms with Gasteiger partial charge in [-0.25, -0.2) is 9.37 Å². The zero-order chi connectivity index (χ0) is 18.5. The summed E-state index contributed by atoms with van der Waals surface area (Å²) >= 11 is 0. The summed E-state index contributed by atoms with van der Waals surface area (Å²) in [6, 6.07) is 10.1. The van der Waals surface area contributed by atoms with Crippen molar-refractivity contribution in [2.75, 3.05) is 17.2 Å². The van der Waals surface area contributed by atoms with Gasteiger partial charge in [0.15, 0.2) is 0 Å². The second-order valence-corrected chi connectivity index (χ2v) is 6.01. The number of benzene rings is 1. The van der Waals surface area contributed by atoms with E-state index in [1.54, 1.807) is 31.5 Å². The monoisotopic (exact) mass is 353 g/mol. The maximum atomic E-state index is 13.5. The highest BCUT2D eigenvalue weighted by Gasteiger charge is 2.10. The van der Waals surface area contributed by atoms with Crippen LogP contribution in [0.4, 0.5) is 21.8 Å². The summed E-state index contributed by atoms with van der Waals surface area (Å²) in [6.07, 6.45) is 3.38. The Hall–Kier alpha value is -3.06. The first-order valence-corrected chi connectivity index (χ1v) is 8.25. The predicted octanol–water partition coefficient (Wildman–Crippen LogP) is 3.52. The molecule has 0 fully saturated rings. The zero-order valence-electron chi connectivity index (χ0n) is 14.6. The largest absolute Gasteiger partial charge is 0.394 e. The third-order valence-electron chi connectivity index (χ3n) is 3.78. The van der Waals surface area contributed by atoms with Gasteiger partial charge in [-0.2, -0.15) is 4.98 Å². The molecule has 3 aromatic rings. The molecule has 0 spiro atoms. The molecule has 0 unspecified atom stereocenters. The Bertz CT molecular complexity index is 888. The molecule has 0 saturated heterocycles. The summed E-state index contributed by atoms with van der Waals surface area (Å²) < 4.78 is 13.5. The molecule has 0 amide bonds. The maximum absolute atomic E-state index is 13.5. The van der Waals surface area contributed by atoms with Crippen molar-refractivity contribution < 1.29 is 9.50 Å². The second-order valence-electron chi connectivity index (χ2n) is 6.01. The lowest BCUT2D eigenvalue weighted by molar-refractivity contribution is 0.281. The van der Waals surface area contributed by atoms with Crippen LogP contribution in [0.25, 0.3) is 11.3 Å². The van der Waals surface area contributed by atoms with Crippen LogP contribution in [0, 0.1) is 12.7 Å². The van der Waals surface area contributed by atoms with Crippen LogP contribution in [0.15, 0.2) is 48.8 Å². The Morgan fingerprint density at radius 3 is 2.58 bits per heavy atom. The third kappa shape index (κ3) is 4.31. The molecule has 1 aromatic carbocycles. The number of anilines is 3. The smallest absolute Gasteiger partial charge is 0.225 e. The fourth-order valence-electron chi connectivity index (χ4n) is 2.38. The van der Waals surface area contributed by atoms with Crippen molar-refractivity contribution in [1.82, 2.24) is 15.0 Å². The molecule has 2 heterocycles. The molecule has 0 saturated carbocycles. The van der Waals surface area contributed by atoms with Crippen molar-refractivity contribution in [3.63, 3.8) is 0 Å². The van der Waals surface area contributed by atoms with E-state index in [1.807, 2.05) is 25.1 Å². The first kappa shape index (κ1) is 17.8. The van der Waals surface area contributed by atoms with Crippen LogP contribution >= 0.6 is 0 Å². The highest BCUT2D eigenvalue weighted by Crippen LogP contribution is 2.24. The van der Waals surface area contributed by atoms with Gasteiger partial charge >= 0.3 is 0 Å². The Kier molecular flexibility index (Phi) is 5.38. The average molecular weight is 353 g/mol. The fourth-order valence-corrected chi connectivity index (χ4v) is 2.38. The van der Waals surface area contributed by atoms with Gasteiger partial charge < -0.3 is 15.7 Å².